The zero-order valence-corrected chi connectivity index (χ0v) is 19.1. The van der Waals surface area contributed by atoms with Gasteiger partial charge in [-0.2, -0.15) is 0 Å². The van der Waals surface area contributed by atoms with Crippen LogP contribution in [-0.4, -0.2) is 24.9 Å². The highest BCUT2D eigenvalue weighted by molar-refractivity contribution is 5.27. The molecule has 0 unspecified atom stereocenters. The van der Waals surface area contributed by atoms with Crippen LogP contribution in [0.2, 0.25) is 0 Å². The fourth-order valence-electron chi connectivity index (χ4n) is 4.36. The number of rotatable bonds is 11. The smallest absolute Gasteiger partial charge is 0.119 e. The van der Waals surface area contributed by atoms with E-state index < -0.39 is 0 Å². The van der Waals surface area contributed by atoms with Gasteiger partial charge in [0.15, 0.2) is 0 Å². The maximum atomic E-state index is 6.16. The topological polar surface area (TPSA) is 30.5 Å². The maximum absolute atomic E-state index is 6.16. The molecule has 3 heteroatoms. The van der Waals surface area contributed by atoms with Gasteiger partial charge >= 0.3 is 0 Å². The largest absolute Gasteiger partial charge is 0.491 e. The van der Waals surface area contributed by atoms with Crippen molar-refractivity contribution in [2.24, 2.45) is 11.3 Å². The van der Waals surface area contributed by atoms with Crippen LogP contribution in [0.5, 0.6) is 5.75 Å². The Hall–Kier alpha value is -1.06. The lowest BCUT2D eigenvalue weighted by Crippen LogP contribution is -2.44. The van der Waals surface area contributed by atoms with Gasteiger partial charge in [-0.15, -0.1) is 0 Å². The molecule has 1 saturated heterocycles. The van der Waals surface area contributed by atoms with Gasteiger partial charge in [-0.25, -0.2) is 0 Å². The summed E-state index contributed by atoms with van der Waals surface area (Å²) in [6.07, 6.45) is 7.62. The third kappa shape index (κ3) is 7.40. The third-order valence-corrected chi connectivity index (χ3v) is 6.29. The lowest BCUT2D eigenvalue weighted by Gasteiger charge is -2.47. The first-order valence-corrected chi connectivity index (χ1v) is 11.4. The monoisotopic (exact) mass is 389 g/mol. The van der Waals surface area contributed by atoms with E-state index in [9.17, 15) is 0 Å². The maximum Gasteiger partial charge on any atom is 0.119 e. The van der Waals surface area contributed by atoms with Crippen LogP contribution in [0.3, 0.4) is 0 Å². The molecule has 1 fully saturated rings. The molecule has 1 heterocycles. The van der Waals surface area contributed by atoms with Gasteiger partial charge in [0.2, 0.25) is 0 Å². The first-order valence-electron chi connectivity index (χ1n) is 11.4. The van der Waals surface area contributed by atoms with E-state index in [1.807, 2.05) is 0 Å². The summed E-state index contributed by atoms with van der Waals surface area (Å²) in [5.41, 5.74) is 1.80. The Kier molecular flexibility index (Phi) is 8.82. The molecule has 2 atom stereocenters. The van der Waals surface area contributed by atoms with Crippen LogP contribution in [0, 0.1) is 11.3 Å². The molecule has 28 heavy (non-hydrogen) atoms. The van der Waals surface area contributed by atoms with Crippen molar-refractivity contribution in [1.82, 2.24) is 5.32 Å². The van der Waals surface area contributed by atoms with Crippen LogP contribution >= 0.6 is 0 Å². The number of hydrogen-bond acceptors (Lipinski definition) is 3. The molecule has 0 bridgehead atoms. The average Bonchev–Trinajstić information content (AvgIpc) is 2.65. The molecule has 0 aliphatic carbocycles. The lowest BCUT2D eigenvalue weighted by atomic mass is 9.67. The Morgan fingerprint density at radius 3 is 2.43 bits per heavy atom. The predicted molar refractivity (Wildman–Crippen MR) is 119 cm³/mol. The fraction of sp³-hybridized carbons (Fsp3) is 0.760. The van der Waals surface area contributed by atoms with E-state index in [4.69, 9.17) is 9.47 Å². The molecule has 1 aliphatic rings. The van der Waals surface area contributed by atoms with Gasteiger partial charge in [-0.05, 0) is 88.4 Å². The molecule has 160 valence electrons. The van der Waals surface area contributed by atoms with Gasteiger partial charge in [-0.1, -0.05) is 39.3 Å². The highest BCUT2D eigenvalue weighted by Gasteiger charge is 2.41. The van der Waals surface area contributed by atoms with E-state index >= 15 is 0 Å². The molecule has 0 aromatic heterocycles. The molecule has 3 nitrogen and oxygen atoms in total. The molecule has 0 radical (unpaired) electrons. The summed E-state index contributed by atoms with van der Waals surface area (Å²) in [6, 6.07) is 8.49. The van der Waals surface area contributed by atoms with Gasteiger partial charge in [-0.3, -0.25) is 0 Å². The van der Waals surface area contributed by atoms with Crippen molar-refractivity contribution < 1.29 is 9.47 Å². The summed E-state index contributed by atoms with van der Waals surface area (Å²) in [4.78, 5) is 0. The molecule has 0 amide bonds. The molecule has 0 saturated carbocycles. The van der Waals surface area contributed by atoms with Gasteiger partial charge in [0.1, 0.15) is 5.75 Å². The van der Waals surface area contributed by atoms with E-state index in [-0.39, 0.29) is 11.7 Å². The highest BCUT2D eigenvalue weighted by Crippen LogP contribution is 2.46. The van der Waals surface area contributed by atoms with Crippen molar-refractivity contribution in [2.45, 2.75) is 98.3 Å². The van der Waals surface area contributed by atoms with Crippen LogP contribution in [0.25, 0.3) is 0 Å². The first kappa shape index (κ1) is 23.2. The normalized spacial score (nSPS) is 25.4. The van der Waals surface area contributed by atoms with Crippen molar-refractivity contribution in [3.63, 3.8) is 0 Å². The van der Waals surface area contributed by atoms with Gasteiger partial charge in [0.25, 0.3) is 0 Å². The second-order valence-corrected chi connectivity index (χ2v) is 9.75. The Labute approximate surface area is 173 Å². The second-order valence-electron chi connectivity index (χ2n) is 9.75. The minimum absolute atomic E-state index is 0.0570. The van der Waals surface area contributed by atoms with E-state index in [0.717, 1.165) is 37.8 Å². The number of benzene rings is 1. The first-order chi connectivity index (χ1) is 13.3. The third-order valence-electron chi connectivity index (χ3n) is 6.29. The summed E-state index contributed by atoms with van der Waals surface area (Å²) >= 11 is 0. The summed E-state index contributed by atoms with van der Waals surface area (Å²) in [5, 5.41) is 3.69. The minimum atomic E-state index is 0.0570. The number of ether oxygens (including phenoxy) is 2. The van der Waals surface area contributed by atoms with Crippen molar-refractivity contribution in [2.75, 3.05) is 13.2 Å². The summed E-state index contributed by atoms with van der Waals surface area (Å²) in [7, 11) is 0. The van der Waals surface area contributed by atoms with E-state index in [1.165, 1.54) is 37.7 Å². The van der Waals surface area contributed by atoms with Crippen LogP contribution in [0.4, 0.5) is 0 Å². The minimum Gasteiger partial charge on any atom is -0.491 e. The Morgan fingerprint density at radius 2 is 1.82 bits per heavy atom. The number of hydrogen-bond donors (Lipinski definition) is 1. The molecule has 1 N–H and O–H groups in total. The Balaban J connectivity index is 1.87. The lowest BCUT2D eigenvalue weighted by molar-refractivity contribution is -0.122. The van der Waals surface area contributed by atoms with Crippen molar-refractivity contribution in [1.29, 1.82) is 0 Å². The average molecular weight is 390 g/mol. The zero-order chi connectivity index (χ0) is 20.6. The Morgan fingerprint density at radius 1 is 1.11 bits per heavy atom. The number of nitrogens with one attached hydrogen (secondary N) is 1. The van der Waals surface area contributed by atoms with Crippen molar-refractivity contribution in [3.05, 3.63) is 29.8 Å². The summed E-state index contributed by atoms with van der Waals surface area (Å²) < 4.78 is 11.9. The van der Waals surface area contributed by atoms with Crippen molar-refractivity contribution >= 4 is 0 Å². The molecule has 2 rings (SSSR count). The van der Waals surface area contributed by atoms with Crippen LogP contribution in [0.15, 0.2) is 24.3 Å². The molecule has 0 spiro atoms. The van der Waals surface area contributed by atoms with E-state index in [0.29, 0.717) is 5.41 Å². The van der Waals surface area contributed by atoms with Crippen LogP contribution in [-0.2, 0) is 11.3 Å². The van der Waals surface area contributed by atoms with E-state index in [2.05, 4.69) is 71.1 Å². The molecule has 1 aromatic rings. The molecule has 1 aliphatic heterocycles. The van der Waals surface area contributed by atoms with Gasteiger partial charge < -0.3 is 14.8 Å². The Bertz CT molecular complexity index is 568. The van der Waals surface area contributed by atoms with Crippen molar-refractivity contribution in [3.8, 4) is 5.75 Å². The van der Waals surface area contributed by atoms with Gasteiger partial charge in [0.05, 0.1) is 11.7 Å². The zero-order valence-electron chi connectivity index (χ0n) is 19.1. The summed E-state index contributed by atoms with van der Waals surface area (Å²) in [5.74, 6) is 1.72. The standard InChI is InChI=1S/C25H43NO2/c1-7-24(6)19-25(15-17-27-24,13-12-20(2)3)14-16-26-18-22-8-10-23(11-9-22)28-21(4)5/h8-11,20-21,26H,7,12-19H2,1-6H3/t24-,25+/m0/s1. The van der Waals surface area contributed by atoms with Crippen LogP contribution in [0.1, 0.15) is 85.6 Å². The quantitative estimate of drug-likeness (QED) is 0.447. The van der Waals surface area contributed by atoms with Gasteiger partial charge in [0, 0.05) is 13.2 Å². The highest BCUT2D eigenvalue weighted by atomic mass is 16.5. The fourth-order valence-corrected chi connectivity index (χ4v) is 4.36. The second kappa shape index (κ2) is 10.6. The SMILES string of the molecule is CC[C@@]1(C)C[C@@](CCNCc2ccc(OC(C)C)cc2)(CCC(C)C)CCO1. The van der Waals surface area contributed by atoms with E-state index in [1.54, 1.807) is 0 Å². The van der Waals surface area contributed by atoms with Crippen LogP contribution < -0.4 is 10.1 Å². The summed E-state index contributed by atoms with van der Waals surface area (Å²) in [6.45, 7) is 16.3. The molecular weight excluding hydrogens is 346 g/mol. The molecular formula is C25H43NO2. The molecule has 1 aromatic carbocycles. The predicted octanol–water partition coefficient (Wildman–Crippen LogP) is 6.36.